The average molecular weight is 347 g/mol. The Morgan fingerprint density at radius 2 is 2.04 bits per heavy atom. The first kappa shape index (κ1) is 16.7. The lowest BCUT2D eigenvalue weighted by Gasteiger charge is -2.11. The van der Waals surface area contributed by atoms with E-state index in [2.05, 4.69) is 22.5 Å². The van der Waals surface area contributed by atoms with Gasteiger partial charge in [-0.2, -0.15) is 5.10 Å². The Hall–Kier alpha value is -2.15. The molecule has 6 nitrogen and oxygen atoms in total. The zero-order chi connectivity index (χ0) is 17.0. The normalized spacial score (nSPS) is 19.2. The van der Waals surface area contributed by atoms with Gasteiger partial charge in [-0.05, 0) is 24.3 Å². The maximum atomic E-state index is 12.2. The number of hydrogen-bond acceptors (Lipinski definition) is 4. The highest BCUT2D eigenvalue weighted by molar-refractivity contribution is 7.91. The highest BCUT2D eigenvalue weighted by Gasteiger charge is 2.29. The number of carbonyl (C=O) groups is 1. The third-order valence-electron chi connectivity index (χ3n) is 4.24. The summed E-state index contributed by atoms with van der Waals surface area (Å²) < 4.78 is 24.7. The molecular formula is C17H21N3O3S. The van der Waals surface area contributed by atoms with E-state index >= 15 is 0 Å². The van der Waals surface area contributed by atoms with Crippen LogP contribution in [0.5, 0.6) is 0 Å². The van der Waals surface area contributed by atoms with E-state index in [1.807, 2.05) is 18.2 Å². The molecule has 1 saturated heterocycles. The summed E-state index contributed by atoms with van der Waals surface area (Å²) in [5, 5.41) is 7.09. The van der Waals surface area contributed by atoms with Crippen molar-refractivity contribution >= 4 is 21.6 Å². The first-order valence-electron chi connectivity index (χ1n) is 8.08. The molecule has 1 unspecified atom stereocenters. The van der Waals surface area contributed by atoms with Crippen molar-refractivity contribution in [1.29, 1.82) is 0 Å². The third kappa shape index (κ3) is 4.44. The van der Waals surface area contributed by atoms with Crippen molar-refractivity contribution in [3.63, 3.8) is 0 Å². The number of aromatic nitrogens is 2. The van der Waals surface area contributed by atoms with Gasteiger partial charge in [0.25, 0.3) is 0 Å². The molecule has 1 atom stereocenters. The quantitative estimate of drug-likeness (QED) is 0.865. The van der Waals surface area contributed by atoms with Crippen LogP contribution in [0.15, 0.2) is 42.6 Å². The summed E-state index contributed by atoms with van der Waals surface area (Å²) >= 11 is 0. The predicted molar refractivity (Wildman–Crippen MR) is 92.4 cm³/mol. The van der Waals surface area contributed by atoms with E-state index in [1.165, 1.54) is 5.56 Å². The van der Waals surface area contributed by atoms with E-state index in [0.29, 0.717) is 18.8 Å². The highest BCUT2D eigenvalue weighted by Crippen LogP contribution is 2.22. The van der Waals surface area contributed by atoms with Gasteiger partial charge in [-0.25, -0.2) is 13.1 Å². The Balaban J connectivity index is 1.54. The van der Waals surface area contributed by atoms with Gasteiger partial charge in [0.05, 0.1) is 17.7 Å². The minimum Gasteiger partial charge on any atom is -0.311 e. The largest absolute Gasteiger partial charge is 0.311 e. The van der Waals surface area contributed by atoms with Crippen molar-refractivity contribution in [2.24, 2.45) is 5.92 Å². The lowest BCUT2D eigenvalue weighted by atomic mass is 10.1. The second kappa shape index (κ2) is 7.17. The number of benzene rings is 1. The number of carbonyl (C=O) groups excluding carboxylic acids is 1. The number of aryl methyl sites for hydroxylation is 2. The van der Waals surface area contributed by atoms with Gasteiger partial charge in [-0.1, -0.05) is 30.3 Å². The van der Waals surface area contributed by atoms with Gasteiger partial charge in [-0.3, -0.25) is 4.79 Å². The number of anilines is 1. The fraction of sp³-hybridized carbons (Fsp3) is 0.412. The van der Waals surface area contributed by atoms with E-state index in [-0.39, 0.29) is 29.8 Å². The number of rotatable bonds is 6. The molecule has 1 fully saturated rings. The average Bonchev–Trinajstić information content (AvgIpc) is 3.12. The second-order valence-electron chi connectivity index (χ2n) is 6.20. The molecule has 3 rings (SSSR count). The molecule has 1 aliphatic rings. The molecule has 2 aromatic rings. The summed E-state index contributed by atoms with van der Waals surface area (Å²) in [6.45, 7) is 0.671. The molecule has 2 heterocycles. The van der Waals surface area contributed by atoms with Crippen LogP contribution in [0.1, 0.15) is 18.4 Å². The third-order valence-corrected chi connectivity index (χ3v) is 6.08. The number of hydrogen-bond donors (Lipinski definition) is 1. The van der Waals surface area contributed by atoms with Gasteiger partial charge in [-0.15, -0.1) is 0 Å². The molecule has 0 saturated carbocycles. The van der Waals surface area contributed by atoms with E-state index < -0.39 is 9.84 Å². The van der Waals surface area contributed by atoms with Crippen molar-refractivity contribution in [2.75, 3.05) is 16.8 Å². The SMILES string of the molecule is O=C(CC1CCS(=O)(=O)C1)Nc1ccnn1CCc1ccccc1. The molecule has 0 bridgehead atoms. The number of nitrogens with one attached hydrogen (secondary N) is 1. The smallest absolute Gasteiger partial charge is 0.225 e. The van der Waals surface area contributed by atoms with Gasteiger partial charge in [0, 0.05) is 19.0 Å². The Morgan fingerprint density at radius 1 is 1.25 bits per heavy atom. The van der Waals surface area contributed by atoms with Crippen molar-refractivity contribution in [3.8, 4) is 0 Å². The Morgan fingerprint density at radius 3 is 2.75 bits per heavy atom. The predicted octanol–water partition coefficient (Wildman–Crippen LogP) is 1.89. The van der Waals surface area contributed by atoms with Crippen LogP contribution in [0.3, 0.4) is 0 Å². The summed E-state index contributed by atoms with van der Waals surface area (Å²) in [4.78, 5) is 12.2. The molecule has 24 heavy (non-hydrogen) atoms. The fourth-order valence-corrected chi connectivity index (χ4v) is 4.85. The summed E-state index contributed by atoms with van der Waals surface area (Å²) in [6.07, 6.45) is 3.29. The van der Waals surface area contributed by atoms with Crippen molar-refractivity contribution < 1.29 is 13.2 Å². The van der Waals surface area contributed by atoms with Crippen molar-refractivity contribution in [3.05, 3.63) is 48.2 Å². The number of sulfone groups is 1. The monoisotopic (exact) mass is 347 g/mol. The van der Waals surface area contributed by atoms with Crippen LogP contribution in [0.2, 0.25) is 0 Å². The van der Waals surface area contributed by atoms with E-state index in [9.17, 15) is 13.2 Å². The van der Waals surface area contributed by atoms with Gasteiger partial charge in [0.15, 0.2) is 9.84 Å². The maximum absolute atomic E-state index is 12.2. The van der Waals surface area contributed by atoms with Crippen LogP contribution in [0.25, 0.3) is 0 Å². The first-order valence-corrected chi connectivity index (χ1v) is 9.90. The van der Waals surface area contributed by atoms with Crippen LogP contribution in [-0.4, -0.2) is 35.6 Å². The van der Waals surface area contributed by atoms with Crippen LogP contribution >= 0.6 is 0 Å². The summed E-state index contributed by atoms with van der Waals surface area (Å²) in [6, 6.07) is 11.8. The molecule has 128 valence electrons. The topological polar surface area (TPSA) is 81.1 Å². The minimum absolute atomic E-state index is 0.0734. The van der Waals surface area contributed by atoms with E-state index in [0.717, 1.165) is 6.42 Å². The van der Waals surface area contributed by atoms with E-state index in [1.54, 1.807) is 16.9 Å². The molecule has 0 radical (unpaired) electrons. The highest BCUT2D eigenvalue weighted by atomic mass is 32.2. The zero-order valence-electron chi connectivity index (χ0n) is 13.4. The molecule has 1 aromatic heterocycles. The number of nitrogens with zero attached hydrogens (tertiary/aromatic N) is 2. The van der Waals surface area contributed by atoms with Crippen LogP contribution in [0.4, 0.5) is 5.82 Å². The Bertz CT molecular complexity index is 799. The Labute approximate surface area is 141 Å². The van der Waals surface area contributed by atoms with Crippen LogP contribution in [-0.2, 0) is 27.6 Å². The minimum atomic E-state index is -2.95. The van der Waals surface area contributed by atoms with Crippen molar-refractivity contribution in [1.82, 2.24) is 9.78 Å². The lowest BCUT2D eigenvalue weighted by molar-refractivity contribution is -0.116. The molecular weight excluding hydrogens is 326 g/mol. The van der Waals surface area contributed by atoms with Crippen LogP contribution < -0.4 is 5.32 Å². The molecule has 7 heteroatoms. The molecule has 1 amide bonds. The molecule has 1 N–H and O–H groups in total. The number of amides is 1. The summed E-state index contributed by atoms with van der Waals surface area (Å²) in [5.74, 6) is 0.735. The van der Waals surface area contributed by atoms with Gasteiger partial charge >= 0.3 is 0 Å². The van der Waals surface area contributed by atoms with Crippen molar-refractivity contribution in [2.45, 2.75) is 25.8 Å². The van der Waals surface area contributed by atoms with Gasteiger partial charge in [0.2, 0.25) is 5.91 Å². The molecule has 0 spiro atoms. The summed E-state index contributed by atoms with van der Waals surface area (Å²) in [5.41, 5.74) is 1.21. The van der Waals surface area contributed by atoms with Gasteiger partial charge < -0.3 is 5.32 Å². The van der Waals surface area contributed by atoms with E-state index in [4.69, 9.17) is 0 Å². The standard InChI is InChI=1S/C17H21N3O3S/c21-17(12-15-8-11-24(22,23)13-15)19-16-6-9-18-20(16)10-7-14-4-2-1-3-5-14/h1-6,9,15H,7-8,10-13H2,(H,19,21). The maximum Gasteiger partial charge on any atom is 0.225 e. The van der Waals surface area contributed by atoms with Gasteiger partial charge in [0.1, 0.15) is 5.82 Å². The molecule has 1 aliphatic heterocycles. The zero-order valence-corrected chi connectivity index (χ0v) is 14.2. The summed E-state index contributed by atoms with van der Waals surface area (Å²) in [7, 11) is -2.95. The first-order chi connectivity index (χ1) is 11.5. The van der Waals surface area contributed by atoms with Crippen LogP contribution in [0, 0.1) is 5.92 Å². The fourth-order valence-electron chi connectivity index (χ4n) is 2.99. The Kier molecular flexibility index (Phi) is 4.99. The molecule has 0 aliphatic carbocycles. The lowest BCUT2D eigenvalue weighted by Crippen LogP contribution is -2.20. The molecule has 1 aromatic carbocycles. The second-order valence-corrected chi connectivity index (χ2v) is 8.43.